The van der Waals surface area contributed by atoms with E-state index < -0.39 is 0 Å². The highest BCUT2D eigenvalue weighted by atomic mass is 127. The van der Waals surface area contributed by atoms with Crippen LogP contribution in [-0.4, -0.2) is 51.9 Å². The third kappa shape index (κ3) is 5.25. The van der Waals surface area contributed by atoms with Crippen LogP contribution < -0.4 is 16.0 Å². The Morgan fingerprint density at radius 3 is 2.83 bits per heavy atom. The summed E-state index contributed by atoms with van der Waals surface area (Å²) in [7, 11) is 1.54. The molecule has 2 heterocycles. The summed E-state index contributed by atoms with van der Waals surface area (Å²) in [6, 6.07) is 3.22. The molecule has 2 aromatic heterocycles. The van der Waals surface area contributed by atoms with Crippen LogP contribution in [-0.2, 0) is 11.3 Å². The maximum absolute atomic E-state index is 11.9. The Morgan fingerprint density at radius 1 is 1.35 bits per heavy atom. The maximum Gasteiger partial charge on any atom is 0.269 e. The summed E-state index contributed by atoms with van der Waals surface area (Å²) in [6.45, 7) is 1.40. The Balaban J connectivity index is 1.79. The first-order chi connectivity index (χ1) is 11.1. The number of rotatable bonds is 7. The molecule has 23 heavy (non-hydrogen) atoms. The number of carbonyl (C=O) groups excluding carboxylic acids is 2. The highest BCUT2D eigenvalue weighted by Crippen LogP contribution is 2.16. The Bertz CT molecular complexity index is 675. The Morgan fingerprint density at radius 2 is 2.17 bits per heavy atom. The minimum absolute atomic E-state index is 0.169. The van der Waals surface area contributed by atoms with E-state index in [1.807, 2.05) is 22.6 Å². The van der Waals surface area contributed by atoms with Crippen LogP contribution in [0.2, 0.25) is 0 Å². The van der Waals surface area contributed by atoms with Crippen LogP contribution in [0.25, 0.3) is 0 Å². The van der Waals surface area contributed by atoms with Crippen LogP contribution in [0, 0.1) is 3.70 Å². The largest absolute Gasteiger partial charge is 0.354 e. The zero-order valence-corrected chi connectivity index (χ0v) is 14.6. The molecule has 2 rings (SSSR count). The summed E-state index contributed by atoms with van der Waals surface area (Å²) in [5.41, 5.74) is 0.877. The number of aromatic nitrogens is 4. The summed E-state index contributed by atoms with van der Waals surface area (Å²) >= 11 is 1.98. The molecule has 0 aromatic carbocycles. The van der Waals surface area contributed by atoms with Crippen LogP contribution in [0.15, 0.2) is 24.5 Å². The molecule has 0 bridgehead atoms. The minimum atomic E-state index is -0.268. The summed E-state index contributed by atoms with van der Waals surface area (Å²) in [4.78, 5) is 27.5. The van der Waals surface area contributed by atoms with Gasteiger partial charge in [0.2, 0.25) is 5.91 Å². The van der Waals surface area contributed by atoms with Gasteiger partial charge < -0.3 is 16.0 Å². The highest BCUT2D eigenvalue weighted by molar-refractivity contribution is 14.1. The smallest absolute Gasteiger partial charge is 0.269 e. The molecule has 0 aliphatic heterocycles. The van der Waals surface area contributed by atoms with Crippen molar-refractivity contribution in [1.29, 1.82) is 0 Å². The molecule has 0 radical (unpaired) electrons. The molecule has 122 valence electrons. The van der Waals surface area contributed by atoms with Crippen LogP contribution in [0.3, 0.4) is 0 Å². The molecular formula is C13H16IN7O2. The molecule has 3 N–H and O–H groups in total. The number of nitrogens with zero attached hydrogens (tertiary/aromatic N) is 4. The van der Waals surface area contributed by atoms with E-state index in [0.717, 1.165) is 0 Å². The lowest BCUT2D eigenvalue weighted by Crippen LogP contribution is -2.31. The zero-order chi connectivity index (χ0) is 16.7. The predicted molar refractivity (Wildman–Crippen MR) is 91.9 cm³/mol. The molecule has 0 saturated heterocycles. The first kappa shape index (κ1) is 17.3. The number of hydrogen-bond donors (Lipinski definition) is 3. The van der Waals surface area contributed by atoms with Gasteiger partial charge in [-0.3, -0.25) is 14.3 Å². The van der Waals surface area contributed by atoms with Crippen LogP contribution >= 0.6 is 22.6 Å². The van der Waals surface area contributed by atoms with E-state index in [-0.39, 0.29) is 18.4 Å². The lowest BCUT2D eigenvalue weighted by atomic mass is 10.3. The third-order valence-corrected chi connectivity index (χ3v) is 3.68. The monoisotopic (exact) mass is 429 g/mol. The second kappa shape index (κ2) is 8.53. The fourth-order valence-electron chi connectivity index (χ4n) is 1.72. The Kier molecular flexibility index (Phi) is 6.40. The Hall–Kier alpha value is -2.08. The summed E-state index contributed by atoms with van der Waals surface area (Å²) < 4.78 is 2.23. The van der Waals surface area contributed by atoms with Gasteiger partial charge in [0, 0.05) is 19.8 Å². The van der Waals surface area contributed by atoms with Gasteiger partial charge in [0.25, 0.3) is 5.91 Å². The van der Waals surface area contributed by atoms with Gasteiger partial charge in [0.05, 0.1) is 25.0 Å². The molecule has 2 amide bonds. The van der Waals surface area contributed by atoms with Gasteiger partial charge in [-0.05, 0) is 34.7 Å². The van der Waals surface area contributed by atoms with Crippen molar-refractivity contribution in [2.24, 2.45) is 0 Å². The molecule has 0 saturated carbocycles. The van der Waals surface area contributed by atoms with Gasteiger partial charge >= 0.3 is 0 Å². The predicted octanol–water partition coefficient (Wildman–Crippen LogP) is -0.134. The van der Waals surface area contributed by atoms with Crippen molar-refractivity contribution in [3.05, 3.63) is 33.9 Å². The number of nitrogens with one attached hydrogen (secondary N) is 3. The molecule has 0 spiro atoms. The fourth-order valence-corrected chi connectivity index (χ4v) is 2.30. The molecule has 0 fully saturated rings. The van der Waals surface area contributed by atoms with Gasteiger partial charge in [-0.25, -0.2) is 4.98 Å². The minimum Gasteiger partial charge on any atom is -0.354 e. The summed E-state index contributed by atoms with van der Waals surface area (Å²) in [5.74, 6) is -0.452. The van der Waals surface area contributed by atoms with Gasteiger partial charge in [0.1, 0.15) is 9.39 Å². The average Bonchev–Trinajstić information content (AvgIpc) is 3.06. The van der Waals surface area contributed by atoms with Crippen LogP contribution in [0.4, 0.5) is 5.69 Å². The van der Waals surface area contributed by atoms with E-state index in [9.17, 15) is 9.59 Å². The number of anilines is 1. The lowest BCUT2D eigenvalue weighted by molar-refractivity contribution is -0.115. The van der Waals surface area contributed by atoms with Crippen LogP contribution in [0.5, 0.6) is 0 Å². The molecule has 0 atom stereocenters. The first-order valence-corrected chi connectivity index (χ1v) is 7.91. The molecule has 10 heteroatoms. The van der Waals surface area contributed by atoms with Gasteiger partial charge in [-0.15, -0.1) is 5.10 Å². The first-order valence-electron chi connectivity index (χ1n) is 6.83. The number of amides is 2. The summed E-state index contributed by atoms with van der Waals surface area (Å²) in [6.07, 6.45) is 3.36. The highest BCUT2D eigenvalue weighted by Gasteiger charge is 2.10. The van der Waals surface area contributed by atoms with Crippen molar-refractivity contribution in [2.45, 2.75) is 6.54 Å². The van der Waals surface area contributed by atoms with E-state index in [1.54, 1.807) is 29.2 Å². The fraction of sp³-hybridized carbons (Fsp3) is 0.308. The second-order valence-corrected chi connectivity index (χ2v) is 5.53. The average molecular weight is 429 g/mol. The van der Waals surface area contributed by atoms with E-state index in [2.05, 4.69) is 31.2 Å². The summed E-state index contributed by atoms with van der Waals surface area (Å²) in [5, 5.41) is 15.8. The maximum atomic E-state index is 11.9. The molecule has 9 nitrogen and oxygen atoms in total. The van der Waals surface area contributed by atoms with E-state index in [4.69, 9.17) is 0 Å². The van der Waals surface area contributed by atoms with E-state index >= 15 is 0 Å². The quantitative estimate of drug-likeness (QED) is 0.321. The molecule has 0 aliphatic rings. The second-order valence-electron chi connectivity index (χ2n) is 4.51. The molecule has 2 aromatic rings. The zero-order valence-electron chi connectivity index (χ0n) is 12.4. The van der Waals surface area contributed by atoms with Crippen molar-refractivity contribution in [2.75, 3.05) is 25.5 Å². The molecular weight excluding hydrogens is 413 g/mol. The SMILES string of the molecule is CNC(=O)c1ccc(NC(=O)CNCCn2ccnn2)c(I)n1. The lowest BCUT2D eigenvalue weighted by Gasteiger charge is -2.09. The standard InChI is InChI=1S/C13H16IN7O2/c1-15-13(23)10-3-2-9(12(14)19-10)18-11(22)8-16-4-6-21-7-5-17-20-21/h2-3,5,7,16H,4,6,8H2,1H3,(H,15,23)(H,18,22). The number of halogens is 1. The number of pyridine rings is 1. The Labute approximate surface area is 146 Å². The normalized spacial score (nSPS) is 10.3. The van der Waals surface area contributed by atoms with Gasteiger partial charge in [-0.2, -0.15) is 0 Å². The van der Waals surface area contributed by atoms with Crippen molar-refractivity contribution in [3.63, 3.8) is 0 Å². The van der Waals surface area contributed by atoms with Crippen molar-refractivity contribution in [1.82, 2.24) is 30.6 Å². The van der Waals surface area contributed by atoms with Crippen molar-refractivity contribution in [3.8, 4) is 0 Å². The number of hydrogen-bond acceptors (Lipinski definition) is 6. The van der Waals surface area contributed by atoms with Crippen molar-refractivity contribution < 1.29 is 9.59 Å². The van der Waals surface area contributed by atoms with Crippen molar-refractivity contribution >= 4 is 40.1 Å². The molecule has 0 unspecified atom stereocenters. The number of carbonyl (C=O) groups is 2. The third-order valence-electron chi connectivity index (χ3n) is 2.86. The van der Waals surface area contributed by atoms with Gasteiger partial charge in [-0.1, -0.05) is 5.21 Å². The topological polar surface area (TPSA) is 114 Å². The molecule has 0 aliphatic carbocycles. The van der Waals surface area contributed by atoms with Crippen LogP contribution in [0.1, 0.15) is 10.5 Å². The van der Waals surface area contributed by atoms with Gasteiger partial charge in [0.15, 0.2) is 0 Å². The van der Waals surface area contributed by atoms with E-state index in [1.165, 1.54) is 7.05 Å². The van der Waals surface area contributed by atoms with E-state index in [0.29, 0.717) is 28.2 Å².